The van der Waals surface area contributed by atoms with Crippen LogP contribution in [0.2, 0.25) is 5.15 Å². The van der Waals surface area contributed by atoms with E-state index in [9.17, 15) is 13.2 Å². The van der Waals surface area contributed by atoms with E-state index in [2.05, 4.69) is 15.3 Å². The molecule has 0 spiro atoms. The molecule has 1 aliphatic rings. The third kappa shape index (κ3) is 3.17. The highest BCUT2D eigenvalue weighted by Gasteiger charge is 2.21. The largest absolute Gasteiger partial charge is 0.317 e. The zero-order chi connectivity index (χ0) is 18.3. The molecule has 26 heavy (non-hydrogen) atoms. The van der Waals surface area contributed by atoms with Crippen LogP contribution in [0.25, 0.3) is 16.9 Å². The number of rotatable bonds is 2. The molecule has 1 atom stereocenters. The first-order chi connectivity index (χ1) is 12.5. The summed E-state index contributed by atoms with van der Waals surface area (Å²) in [5.41, 5.74) is 0.537. The zero-order valence-electron chi connectivity index (χ0n) is 13.8. The van der Waals surface area contributed by atoms with Gasteiger partial charge in [0.2, 0.25) is 5.78 Å². The second-order valence-electron chi connectivity index (χ2n) is 6.44. The number of fused-ring (bicyclic) bond motifs is 1. The second-order valence-corrected chi connectivity index (χ2v) is 6.80. The van der Waals surface area contributed by atoms with E-state index in [1.807, 2.05) is 6.20 Å². The molecule has 0 amide bonds. The van der Waals surface area contributed by atoms with Gasteiger partial charge in [-0.15, -0.1) is 0 Å². The van der Waals surface area contributed by atoms with Gasteiger partial charge in [-0.1, -0.05) is 11.6 Å². The van der Waals surface area contributed by atoms with E-state index in [-0.39, 0.29) is 10.7 Å². The molecule has 1 N–H and O–H groups in total. The van der Waals surface area contributed by atoms with Gasteiger partial charge in [-0.25, -0.2) is 18.2 Å². The van der Waals surface area contributed by atoms with Gasteiger partial charge < -0.3 is 5.32 Å². The third-order valence-corrected chi connectivity index (χ3v) is 4.98. The molecule has 1 saturated heterocycles. The molecule has 4 nitrogen and oxygen atoms in total. The normalized spacial score (nSPS) is 18.2. The second kappa shape index (κ2) is 6.89. The lowest BCUT2D eigenvalue weighted by molar-refractivity contribution is 0.548. The molecule has 3 heterocycles. The summed E-state index contributed by atoms with van der Waals surface area (Å²) in [7, 11) is 0. The molecule has 0 saturated carbocycles. The summed E-state index contributed by atoms with van der Waals surface area (Å²) in [5, 5.41) is 3.27. The van der Waals surface area contributed by atoms with Crippen molar-refractivity contribution in [1.29, 1.82) is 0 Å². The molecule has 0 radical (unpaired) electrons. The summed E-state index contributed by atoms with van der Waals surface area (Å²) in [4.78, 5) is 8.69. The molecule has 1 fully saturated rings. The molecule has 0 bridgehead atoms. The first-order valence-electron chi connectivity index (χ1n) is 8.43. The average molecular weight is 381 g/mol. The van der Waals surface area contributed by atoms with Crippen LogP contribution < -0.4 is 5.32 Å². The maximum absolute atomic E-state index is 14.1. The lowest BCUT2D eigenvalue weighted by Crippen LogP contribution is -2.13. The predicted molar refractivity (Wildman–Crippen MR) is 92.8 cm³/mol. The van der Waals surface area contributed by atoms with Crippen LogP contribution in [0, 0.1) is 17.5 Å². The van der Waals surface area contributed by atoms with Gasteiger partial charge in [-0.3, -0.25) is 4.40 Å². The van der Waals surface area contributed by atoms with Crippen LogP contribution in [0.1, 0.15) is 30.9 Å². The van der Waals surface area contributed by atoms with Gasteiger partial charge in [0, 0.05) is 36.0 Å². The number of aromatic nitrogens is 3. The van der Waals surface area contributed by atoms with Gasteiger partial charge in [-0.2, -0.15) is 4.98 Å². The summed E-state index contributed by atoms with van der Waals surface area (Å²) in [5.74, 6) is -2.37. The van der Waals surface area contributed by atoms with Gasteiger partial charge in [0.1, 0.15) is 22.6 Å². The number of halogens is 4. The van der Waals surface area contributed by atoms with Crippen molar-refractivity contribution in [3.05, 3.63) is 52.8 Å². The van der Waals surface area contributed by atoms with Crippen molar-refractivity contribution in [1.82, 2.24) is 19.7 Å². The monoisotopic (exact) mass is 380 g/mol. The van der Waals surface area contributed by atoms with E-state index < -0.39 is 23.0 Å². The lowest BCUT2D eigenvalue weighted by Gasteiger charge is -2.09. The minimum atomic E-state index is -1.03. The zero-order valence-corrected chi connectivity index (χ0v) is 14.5. The molecule has 4 rings (SSSR count). The minimum Gasteiger partial charge on any atom is -0.317 e. The Morgan fingerprint density at radius 3 is 2.58 bits per heavy atom. The summed E-state index contributed by atoms with van der Waals surface area (Å²) >= 11 is 6.14. The molecule has 1 aromatic carbocycles. The number of hydrogen-bond acceptors (Lipinski definition) is 3. The molecule has 8 heteroatoms. The average Bonchev–Trinajstić information content (AvgIpc) is 2.79. The highest BCUT2D eigenvalue weighted by Crippen LogP contribution is 2.33. The van der Waals surface area contributed by atoms with Crippen molar-refractivity contribution in [3.63, 3.8) is 0 Å². The maximum Gasteiger partial charge on any atom is 0.235 e. The first-order valence-corrected chi connectivity index (χ1v) is 8.81. The van der Waals surface area contributed by atoms with E-state index in [0.717, 1.165) is 38.0 Å². The molecule has 2 aromatic heterocycles. The first kappa shape index (κ1) is 17.3. The summed E-state index contributed by atoms with van der Waals surface area (Å²) in [6.45, 7) is 1.91. The van der Waals surface area contributed by atoms with Gasteiger partial charge >= 0.3 is 0 Å². The summed E-state index contributed by atoms with van der Waals surface area (Å²) in [6, 6.07) is 1.24. The van der Waals surface area contributed by atoms with Crippen LogP contribution in [0.4, 0.5) is 13.2 Å². The van der Waals surface area contributed by atoms with Crippen LogP contribution >= 0.6 is 11.6 Å². The topological polar surface area (TPSA) is 42.2 Å². The molecule has 1 aliphatic heterocycles. The third-order valence-electron chi connectivity index (χ3n) is 4.69. The lowest BCUT2D eigenvalue weighted by atomic mass is 9.98. The Balaban J connectivity index is 1.79. The highest BCUT2D eigenvalue weighted by molar-refractivity contribution is 6.32. The van der Waals surface area contributed by atoms with Gasteiger partial charge in [0.15, 0.2) is 0 Å². The van der Waals surface area contributed by atoms with Gasteiger partial charge in [0.25, 0.3) is 0 Å². The maximum atomic E-state index is 14.1. The van der Waals surface area contributed by atoms with Crippen molar-refractivity contribution in [2.24, 2.45) is 0 Å². The SMILES string of the molecule is Fc1cc(F)c(-c2cn3cc(C4CCCNCC4)nc3nc2Cl)c(F)c1. The Hall–Kier alpha value is -2.12. The van der Waals surface area contributed by atoms with Crippen LogP contribution in [0.15, 0.2) is 24.5 Å². The fourth-order valence-corrected chi connectivity index (χ4v) is 3.62. The van der Waals surface area contributed by atoms with Crippen molar-refractivity contribution in [2.75, 3.05) is 13.1 Å². The highest BCUT2D eigenvalue weighted by atomic mass is 35.5. The van der Waals surface area contributed by atoms with Crippen LogP contribution in [-0.4, -0.2) is 27.5 Å². The Morgan fingerprint density at radius 2 is 1.81 bits per heavy atom. The molecular weight excluding hydrogens is 365 g/mol. The molecule has 3 aromatic rings. The minimum absolute atomic E-state index is 0.0562. The fraction of sp³-hybridized carbons (Fsp3) is 0.333. The standard InChI is InChI=1S/C18H16ClF3N4/c19-17-12(16-13(21)6-11(20)7-14(16)22)8-26-9-15(24-18(26)25-17)10-2-1-4-23-5-3-10/h6-10,23H,1-5H2. The Bertz CT molecular complexity index is 941. The van der Waals surface area contributed by atoms with E-state index in [1.54, 1.807) is 4.40 Å². The molecule has 1 unspecified atom stereocenters. The summed E-state index contributed by atoms with van der Waals surface area (Å²) in [6.07, 6.45) is 6.33. The van der Waals surface area contributed by atoms with Gasteiger partial charge in [-0.05, 0) is 32.4 Å². The van der Waals surface area contributed by atoms with E-state index in [4.69, 9.17) is 11.6 Å². The van der Waals surface area contributed by atoms with E-state index in [0.29, 0.717) is 23.8 Å². The summed E-state index contributed by atoms with van der Waals surface area (Å²) < 4.78 is 43.0. The van der Waals surface area contributed by atoms with E-state index in [1.165, 1.54) is 6.20 Å². The molecule has 0 aliphatic carbocycles. The van der Waals surface area contributed by atoms with Crippen molar-refractivity contribution >= 4 is 17.4 Å². The smallest absolute Gasteiger partial charge is 0.235 e. The quantitative estimate of drug-likeness (QED) is 0.673. The van der Waals surface area contributed by atoms with Crippen molar-refractivity contribution in [2.45, 2.75) is 25.2 Å². The Kier molecular flexibility index (Phi) is 4.58. The number of nitrogens with one attached hydrogen (secondary N) is 1. The van der Waals surface area contributed by atoms with Crippen molar-refractivity contribution < 1.29 is 13.2 Å². The van der Waals surface area contributed by atoms with Crippen LogP contribution in [0.5, 0.6) is 0 Å². The molecular formula is C18H16ClF3N4. The van der Waals surface area contributed by atoms with E-state index >= 15 is 0 Å². The Morgan fingerprint density at radius 1 is 1.04 bits per heavy atom. The Labute approximate surface area is 153 Å². The number of benzene rings is 1. The number of hydrogen-bond donors (Lipinski definition) is 1. The van der Waals surface area contributed by atoms with Gasteiger partial charge in [0.05, 0.1) is 11.3 Å². The number of imidazole rings is 1. The predicted octanol–water partition coefficient (Wildman–Crippen LogP) is 4.32. The van der Waals surface area contributed by atoms with Crippen LogP contribution in [0.3, 0.4) is 0 Å². The van der Waals surface area contributed by atoms with Crippen molar-refractivity contribution in [3.8, 4) is 11.1 Å². The molecule has 136 valence electrons. The number of nitrogens with zero attached hydrogens (tertiary/aromatic N) is 3. The fourth-order valence-electron chi connectivity index (χ4n) is 3.40. The van der Waals surface area contributed by atoms with Crippen LogP contribution in [-0.2, 0) is 0 Å².